The molecule has 1 aliphatic carbocycles. The molecule has 0 saturated heterocycles. The molecule has 0 fully saturated rings. The zero-order chi connectivity index (χ0) is 16.3. The van der Waals surface area contributed by atoms with Gasteiger partial charge in [0.15, 0.2) is 0 Å². The molecule has 0 bridgehead atoms. The van der Waals surface area contributed by atoms with Crippen LogP contribution in [0.25, 0.3) is 0 Å². The first-order valence-corrected chi connectivity index (χ1v) is 8.82. The summed E-state index contributed by atoms with van der Waals surface area (Å²) < 4.78 is 0. The molecule has 1 unspecified atom stereocenters. The van der Waals surface area contributed by atoms with Gasteiger partial charge in [-0.1, -0.05) is 36.4 Å². The number of benzene rings is 2. The van der Waals surface area contributed by atoms with Gasteiger partial charge < -0.3 is 15.7 Å². The van der Waals surface area contributed by atoms with E-state index in [1.165, 1.54) is 5.56 Å². The van der Waals surface area contributed by atoms with Gasteiger partial charge in [-0.2, -0.15) is 0 Å². The Morgan fingerprint density at radius 2 is 1.96 bits per heavy atom. The third-order valence-electron chi connectivity index (χ3n) is 4.33. The summed E-state index contributed by atoms with van der Waals surface area (Å²) in [5.74, 6) is 0. The van der Waals surface area contributed by atoms with Gasteiger partial charge in [0, 0.05) is 4.90 Å². The zero-order valence-electron chi connectivity index (χ0n) is 13.0. The minimum Gasteiger partial charge on any atom is -0.394 e. The second-order valence-electron chi connectivity index (χ2n) is 5.68. The Labute approximate surface area is 140 Å². The number of aliphatic hydroxyl groups is 1. The van der Waals surface area contributed by atoms with Crippen molar-refractivity contribution in [3.8, 4) is 0 Å². The van der Waals surface area contributed by atoms with Crippen molar-refractivity contribution >= 4 is 23.5 Å². The molecule has 0 spiro atoms. The van der Waals surface area contributed by atoms with Crippen LogP contribution in [0.3, 0.4) is 0 Å². The summed E-state index contributed by atoms with van der Waals surface area (Å²) in [5.41, 5.74) is 2.27. The van der Waals surface area contributed by atoms with Crippen LogP contribution in [0.2, 0.25) is 0 Å². The molecule has 4 nitrogen and oxygen atoms in total. The Morgan fingerprint density at radius 3 is 2.74 bits per heavy atom. The van der Waals surface area contributed by atoms with Crippen molar-refractivity contribution in [2.45, 2.75) is 23.3 Å². The Kier molecular flexibility index (Phi) is 4.59. The van der Waals surface area contributed by atoms with Crippen molar-refractivity contribution in [3.05, 3.63) is 59.7 Å². The molecule has 0 aromatic heterocycles. The summed E-state index contributed by atoms with van der Waals surface area (Å²) in [5, 5.41) is 15.8. The normalized spacial score (nSPS) is 19.2. The van der Waals surface area contributed by atoms with E-state index in [1.54, 1.807) is 11.8 Å². The Morgan fingerprint density at radius 1 is 1.22 bits per heavy atom. The number of carbonyl (C=O) groups excluding carboxylic acids is 1. The molecule has 0 aliphatic heterocycles. The van der Waals surface area contributed by atoms with E-state index >= 15 is 0 Å². The first-order chi connectivity index (χ1) is 11.2. The van der Waals surface area contributed by atoms with Crippen LogP contribution in [0.5, 0.6) is 0 Å². The van der Waals surface area contributed by atoms with Crippen molar-refractivity contribution in [2.75, 3.05) is 18.2 Å². The molecule has 2 amide bonds. The van der Waals surface area contributed by atoms with Crippen LogP contribution in [0.1, 0.15) is 17.5 Å². The number of thioether (sulfide) groups is 1. The van der Waals surface area contributed by atoms with Crippen LogP contribution >= 0.6 is 11.8 Å². The molecular weight excluding hydrogens is 308 g/mol. The molecule has 2 aromatic carbocycles. The molecule has 5 heteroatoms. The molecule has 23 heavy (non-hydrogen) atoms. The first kappa shape index (κ1) is 15.9. The molecule has 0 heterocycles. The van der Waals surface area contributed by atoms with E-state index in [0.717, 1.165) is 22.6 Å². The fraction of sp³-hybridized carbons (Fsp3) is 0.278. The van der Waals surface area contributed by atoms with E-state index in [2.05, 4.69) is 16.7 Å². The number of aliphatic hydroxyl groups excluding tert-OH is 1. The second kappa shape index (κ2) is 6.64. The van der Waals surface area contributed by atoms with Crippen LogP contribution in [0, 0.1) is 0 Å². The summed E-state index contributed by atoms with van der Waals surface area (Å²) in [4.78, 5) is 13.5. The fourth-order valence-electron chi connectivity index (χ4n) is 3.14. The number of urea groups is 1. The monoisotopic (exact) mass is 328 g/mol. The average molecular weight is 328 g/mol. The van der Waals surface area contributed by atoms with E-state index in [4.69, 9.17) is 0 Å². The maximum absolute atomic E-state index is 12.5. The predicted molar refractivity (Wildman–Crippen MR) is 93.9 cm³/mol. The number of aryl methyl sites for hydroxylation is 1. The van der Waals surface area contributed by atoms with Gasteiger partial charge in [-0.25, -0.2) is 4.79 Å². The largest absolute Gasteiger partial charge is 0.394 e. The number of fused-ring (bicyclic) bond motifs is 1. The number of amides is 2. The smallest absolute Gasteiger partial charge is 0.320 e. The van der Waals surface area contributed by atoms with Crippen LogP contribution < -0.4 is 10.6 Å². The van der Waals surface area contributed by atoms with Crippen LogP contribution in [0.4, 0.5) is 10.5 Å². The molecule has 3 rings (SSSR count). The molecule has 3 N–H and O–H groups in total. The molecular formula is C18H20N2O2S. The fourth-order valence-corrected chi connectivity index (χ4v) is 3.69. The lowest BCUT2D eigenvalue weighted by Gasteiger charge is -2.29. The molecule has 0 saturated carbocycles. The van der Waals surface area contributed by atoms with E-state index in [-0.39, 0.29) is 12.6 Å². The third kappa shape index (κ3) is 3.07. The van der Waals surface area contributed by atoms with Crippen molar-refractivity contribution in [2.24, 2.45) is 0 Å². The lowest BCUT2D eigenvalue weighted by molar-refractivity contribution is 0.164. The Balaban J connectivity index is 1.79. The van der Waals surface area contributed by atoms with Gasteiger partial charge in [0.1, 0.15) is 0 Å². The van der Waals surface area contributed by atoms with Crippen molar-refractivity contribution < 1.29 is 9.90 Å². The molecule has 1 atom stereocenters. The van der Waals surface area contributed by atoms with Crippen LogP contribution in [-0.4, -0.2) is 24.0 Å². The third-order valence-corrected chi connectivity index (χ3v) is 5.13. The van der Waals surface area contributed by atoms with Crippen LogP contribution in [0.15, 0.2) is 53.4 Å². The number of hydrogen-bond acceptors (Lipinski definition) is 3. The van der Waals surface area contributed by atoms with Gasteiger partial charge in [-0.05, 0) is 42.4 Å². The maximum Gasteiger partial charge on any atom is 0.320 e. The summed E-state index contributed by atoms with van der Waals surface area (Å²) in [6, 6.07) is 15.3. The summed E-state index contributed by atoms with van der Waals surface area (Å²) in [6.45, 7) is -0.110. The Hall–Kier alpha value is -1.98. The van der Waals surface area contributed by atoms with Crippen molar-refractivity contribution in [1.29, 1.82) is 0 Å². The SMILES string of the molecule is CSc1ccccc1NC(=O)NC1(CO)CCc2ccccc21. The van der Waals surface area contributed by atoms with Crippen molar-refractivity contribution in [3.63, 3.8) is 0 Å². The van der Waals surface area contributed by atoms with Gasteiger partial charge >= 0.3 is 6.03 Å². The van der Waals surface area contributed by atoms with Gasteiger partial charge in [0.25, 0.3) is 0 Å². The molecule has 1 aliphatic rings. The topological polar surface area (TPSA) is 61.4 Å². The number of carbonyl (C=O) groups is 1. The lowest BCUT2D eigenvalue weighted by atomic mass is 9.93. The van der Waals surface area contributed by atoms with Crippen LogP contribution in [-0.2, 0) is 12.0 Å². The van der Waals surface area contributed by atoms with Gasteiger partial charge in [-0.15, -0.1) is 11.8 Å². The number of nitrogens with one attached hydrogen (secondary N) is 2. The second-order valence-corrected chi connectivity index (χ2v) is 6.52. The number of hydrogen-bond donors (Lipinski definition) is 3. The highest BCUT2D eigenvalue weighted by atomic mass is 32.2. The highest BCUT2D eigenvalue weighted by Gasteiger charge is 2.39. The standard InChI is InChI=1S/C18H20N2O2S/c1-23-16-9-5-4-8-15(16)19-17(22)20-18(12-21)11-10-13-6-2-3-7-14(13)18/h2-9,21H,10-12H2,1H3,(H2,19,20,22). The van der Waals surface area contributed by atoms with Gasteiger partial charge in [0.2, 0.25) is 0 Å². The van der Waals surface area contributed by atoms with E-state index in [0.29, 0.717) is 6.42 Å². The van der Waals surface area contributed by atoms with Gasteiger partial charge in [-0.3, -0.25) is 0 Å². The lowest BCUT2D eigenvalue weighted by Crippen LogP contribution is -2.48. The first-order valence-electron chi connectivity index (χ1n) is 7.60. The summed E-state index contributed by atoms with van der Waals surface area (Å²) >= 11 is 1.58. The Bertz CT molecular complexity index is 720. The number of anilines is 1. The number of rotatable bonds is 4. The van der Waals surface area contributed by atoms with E-state index < -0.39 is 5.54 Å². The zero-order valence-corrected chi connectivity index (χ0v) is 13.8. The predicted octanol–water partition coefficient (Wildman–Crippen LogP) is 3.36. The van der Waals surface area contributed by atoms with Crippen molar-refractivity contribution in [1.82, 2.24) is 5.32 Å². The highest BCUT2D eigenvalue weighted by molar-refractivity contribution is 7.98. The summed E-state index contributed by atoms with van der Waals surface area (Å²) in [7, 11) is 0. The van der Waals surface area contributed by atoms with E-state index in [1.807, 2.05) is 48.7 Å². The minimum atomic E-state index is -0.699. The molecule has 2 aromatic rings. The quantitative estimate of drug-likeness (QED) is 0.754. The van der Waals surface area contributed by atoms with E-state index in [9.17, 15) is 9.90 Å². The maximum atomic E-state index is 12.5. The molecule has 0 radical (unpaired) electrons. The highest BCUT2D eigenvalue weighted by Crippen LogP contribution is 2.36. The number of para-hydroxylation sites is 1. The molecule has 120 valence electrons. The van der Waals surface area contributed by atoms with Gasteiger partial charge in [0.05, 0.1) is 17.8 Å². The minimum absolute atomic E-state index is 0.110. The average Bonchev–Trinajstić information content (AvgIpc) is 2.95. The summed E-state index contributed by atoms with van der Waals surface area (Å²) in [6.07, 6.45) is 3.54.